The van der Waals surface area contributed by atoms with Crippen LogP contribution in [0.15, 0.2) is 36.0 Å². The number of carbonyl (C=O) groups is 1. The molecule has 0 saturated heterocycles. The van der Waals surface area contributed by atoms with Gasteiger partial charge in [0.2, 0.25) is 5.91 Å². The summed E-state index contributed by atoms with van der Waals surface area (Å²) in [6.45, 7) is 0.571. The minimum Gasteiger partial charge on any atom is -0.352 e. The minimum atomic E-state index is 0.177. The standard InChI is InChI=1S/C14H14N2OS/c17-14(11-3-4-11)16-8-10-6-12(9-15-7-10)13-2-1-5-18-13/h1-2,5-7,9,11H,3-4,8H2,(H,16,17). The zero-order chi connectivity index (χ0) is 12.4. The normalized spacial score (nSPS) is 14.4. The van der Waals surface area contributed by atoms with Crippen molar-refractivity contribution in [1.82, 2.24) is 10.3 Å². The van der Waals surface area contributed by atoms with Crippen molar-refractivity contribution >= 4 is 17.2 Å². The molecule has 4 heteroatoms. The van der Waals surface area contributed by atoms with Gasteiger partial charge in [-0.1, -0.05) is 6.07 Å². The zero-order valence-electron chi connectivity index (χ0n) is 9.93. The van der Waals surface area contributed by atoms with E-state index in [0.717, 1.165) is 24.0 Å². The summed E-state index contributed by atoms with van der Waals surface area (Å²) in [4.78, 5) is 17.0. The van der Waals surface area contributed by atoms with E-state index < -0.39 is 0 Å². The van der Waals surface area contributed by atoms with E-state index in [9.17, 15) is 4.79 Å². The largest absolute Gasteiger partial charge is 0.352 e. The summed E-state index contributed by atoms with van der Waals surface area (Å²) in [6, 6.07) is 6.20. The van der Waals surface area contributed by atoms with Gasteiger partial charge in [0.15, 0.2) is 0 Å². The molecular weight excluding hydrogens is 244 g/mol. The molecule has 1 fully saturated rings. The number of thiophene rings is 1. The second-order valence-corrected chi connectivity index (χ2v) is 5.50. The van der Waals surface area contributed by atoms with Crippen LogP contribution in [-0.2, 0) is 11.3 Å². The maximum absolute atomic E-state index is 11.6. The Morgan fingerprint density at radius 1 is 1.44 bits per heavy atom. The fourth-order valence-electron chi connectivity index (χ4n) is 1.84. The van der Waals surface area contributed by atoms with Crippen molar-refractivity contribution in [2.75, 3.05) is 0 Å². The van der Waals surface area contributed by atoms with Gasteiger partial charge in [-0.3, -0.25) is 9.78 Å². The Morgan fingerprint density at radius 2 is 2.33 bits per heavy atom. The van der Waals surface area contributed by atoms with E-state index in [4.69, 9.17) is 0 Å². The first-order valence-electron chi connectivity index (χ1n) is 6.08. The molecule has 1 aliphatic carbocycles. The predicted octanol–water partition coefficient (Wildman–Crippen LogP) is 2.84. The molecule has 0 radical (unpaired) electrons. The quantitative estimate of drug-likeness (QED) is 0.916. The Bertz CT molecular complexity index is 547. The van der Waals surface area contributed by atoms with Gasteiger partial charge in [0.05, 0.1) is 0 Å². The topological polar surface area (TPSA) is 42.0 Å². The van der Waals surface area contributed by atoms with Crippen LogP contribution in [-0.4, -0.2) is 10.9 Å². The van der Waals surface area contributed by atoms with Crippen LogP contribution in [0, 0.1) is 5.92 Å². The van der Waals surface area contributed by atoms with E-state index in [1.165, 1.54) is 4.88 Å². The molecule has 0 aliphatic heterocycles. The minimum absolute atomic E-state index is 0.177. The molecule has 1 amide bonds. The maximum atomic E-state index is 11.6. The van der Waals surface area contributed by atoms with Crippen molar-refractivity contribution in [2.24, 2.45) is 5.92 Å². The first-order chi connectivity index (χ1) is 8.83. The third-order valence-electron chi connectivity index (χ3n) is 3.02. The van der Waals surface area contributed by atoms with Crippen molar-refractivity contribution in [3.8, 4) is 10.4 Å². The fraction of sp³-hybridized carbons (Fsp3) is 0.286. The van der Waals surface area contributed by atoms with Gasteiger partial charge in [0.25, 0.3) is 0 Å². The molecule has 1 saturated carbocycles. The van der Waals surface area contributed by atoms with E-state index in [-0.39, 0.29) is 11.8 Å². The SMILES string of the molecule is O=C(NCc1cncc(-c2cccs2)c1)C1CC1. The van der Waals surface area contributed by atoms with Crippen LogP contribution in [0.1, 0.15) is 18.4 Å². The van der Waals surface area contributed by atoms with Gasteiger partial charge in [-0.2, -0.15) is 0 Å². The number of carbonyl (C=O) groups excluding carboxylic acids is 1. The monoisotopic (exact) mass is 258 g/mol. The number of pyridine rings is 1. The first-order valence-corrected chi connectivity index (χ1v) is 6.96. The summed E-state index contributed by atoms with van der Waals surface area (Å²) >= 11 is 1.70. The van der Waals surface area contributed by atoms with Crippen LogP contribution >= 0.6 is 11.3 Å². The molecule has 1 N–H and O–H groups in total. The van der Waals surface area contributed by atoms with E-state index in [1.807, 2.05) is 18.5 Å². The maximum Gasteiger partial charge on any atom is 0.223 e. The third kappa shape index (κ3) is 2.59. The number of hydrogen-bond acceptors (Lipinski definition) is 3. The summed E-state index contributed by atoms with van der Waals surface area (Å²) in [5.41, 5.74) is 2.16. The number of nitrogens with one attached hydrogen (secondary N) is 1. The summed E-state index contributed by atoms with van der Waals surface area (Å²) in [5.74, 6) is 0.440. The average molecular weight is 258 g/mol. The molecule has 0 spiro atoms. The van der Waals surface area contributed by atoms with Crippen LogP contribution in [0.2, 0.25) is 0 Å². The fourth-order valence-corrected chi connectivity index (χ4v) is 2.55. The lowest BCUT2D eigenvalue weighted by Crippen LogP contribution is -2.24. The lowest BCUT2D eigenvalue weighted by atomic mass is 10.2. The van der Waals surface area contributed by atoms with E-state index in [1.54, 1.807) is 11.3 Å². The molecule has 0 atom stereocenters. The van der Waals surface area contributed by atoms with Crippen molar-refractivity contribution in [1.29, 1.82) is 0 Å². The highest BCUT2D eigenvalue weighted by Gasteiger charge is 2.29. The lowest BCUT2D eigenvalue weighted by molar-refractivity contribution is -0.122. The summed E-state index contributed by atoms with van der Waals surface area (Å²) < 4.78 is 0. The lowest BCUT2D eigenvalue weighted by Gasteiger charge is -2.05. The molecular formula is C14H14N2OS. The summed E-state index contributed by atoms with van der Waals surface area (Å²) in [7, 11) is 0. The molecule has 18 heavy (non-hydrogen) atoms. The van der Waals surface area contributed by atoms with E-state index in [2.05, 4.69) is 27.8 Å². The molecule has 0 aromatic carbocycles. The second kappa shape index (κ2) is 4.90. The molecule has 2 aromatic heterocycles. The molecule has 0 unspecified atom stereocenters. The van der Waals surface area contributed by atoms with Crippen molar-refractivity contribution < 1.29 is 4.79 Å². The van der Waals surface area contributed by atoms with E-state index in [0.29, 0.717) is 6.54 Å². The van der Waals surface area contributed by atoms with Gasteiger partial charge in [0, 0.05) is 35.3 Å². The van der Waals surface area contributed by atoms with Crippen LogP contribution in [0.4, 0.5) is 0 Å². The predicted molar refractivity (Wildman–Crippen MR) is 72.1 cm³/mol. The van der Waals surface area contributed by atoms with Crippen LogP contribution in [0.25, 0.3) is 10.4 Å². The Balaban J connectivity index is 1.69. The molecule has 3 nitrogen and oxygen atoms in total. The number of aromatic nitrogens is 1. The number of amides is 1. The Hall–Kier alpha value is -1.68. The summed E-state index contributed by atoms with van der Waals surface area (Å²) in [6.07, 6.45) is 5.75. The zero-order valence-corrected chi connectivity index (χ0v) is 10.7. The van der Waals surface area contributed by atoms with Gasteiger partial charge in [-0.25, -0.2) is 0 Å². The molecule has 3 rings (SSSR count). The van der Waals surface area contributed by atoms with Gasteiger partial charge < -0.3 is 5.32 Å². The van der Waals surface area contributed by atoms with Gasteiger partial charge >= 0.3 is 0 Å². The molecule has 2 aromatic rings. The average Bonchev–Trinajstić information content (AvgIpc) is 3.11. The molecule has 92 valence electrons. The van der Waals surface area contributed by atoms with Crippen LogP contribution in [0.3, 0.4) is 0 Å². The Kier molecular flexibility index (Phi) is 3.11. The van der Waals surface area contributed by atoms with Gasteiger partial charge in [-0.05, 0) is 35.9 Å². The highest BCUT2D eigenvalue weighted by Crippen LogP contribution is 2.29. The molecule has 1 aliphatic rings. The second-order valence-electron chi connectivity index (χ2n) is 4.55. The van der Waals surface area contributed by atoms with Crippen LogP contribution < -0.4 is 5.32 Å². The van der Waals surface area contributed by atoms with Crippen LogP contribution in [0.5, 0.6) is 0 Å². The number of hydrogen-bond donors (Lipinski definition) is 1. The van der Waals surface area contributed by atoms with Gasteiger partial charge in [-0.15, -0.1) is 11.3 Å². The van der Waals surface area contributed by atoms with Crippen molar-refractivity contribution in [3.63, 3.8) is 0 Å². The number of rotatable bonds is 4. The smallest absolute Gasteiger partial charge is 0.223 e. The molecule has 2 heterocycles. The first kappa shape index (κ1) is 11.4. The highest BCUT2D eigenvalue weighted by atomic mass is 32.1. The van der Waals surface area contributed by atoms with E-state index >= 15 is 0 Å². The Morgan fingerprint density at radius 3 is 3.06 bits per heavy atom. The highest BCUT2D eigenvalue weighted by molar-refractivity contribution is 7.13. The van der Waals surface area contributed by atoms with Crippen molar-refractivity contribution in [3.05, 3.63) is 41.5 Å². The van der Waals surface area contributed by atoms with Gasteiger partial charge in [0.1, 0.15) is 0 Å². The Labute approximate surface area is 110 Å². The number of nitrogens with zero attached hydrogens (tertiary/aromatic N) is 1. The van der Waals surface area contributed by atoms with Crippen molar-refractivity contribution in [2.45, 2.75) is 19.4 Å². The molecule has 0 bridgehead atoms. The third-order valence-corrected chi connectivity index (χ3v) is 3.93. The summed E-state index contributed by atoms with van der Waals surface area (Å²) in [5, 5.41) is 5.01.